The molecule has 1 unspecified atom stereocenters. The average Bonchev–Trinajstić information content (AvgIpc) is 3.53. The Morgan fingerprint density at radius 2 is 1.91 bits per heavy atom. The molecule has 8 nitrogen and oxygen atoms in total. The first-order chi connectivity index (χ1) is 15.7. The van der Waals surface area contributed by atoms with E-state index in [9.17, 15) is 0 Å². The van der Waals surface area contributed by atoms with Gasteiger partial charge < -0.3 is 24.9 Å². The van der Waals surface area contributed by atoms with Gasteiger partial charge in [-0.25, -0.2) is 9.98 Å². The zero-order chi connectivity index (χ0) is 22.2. The average molecular weight is 568 g/mol. The summed E-state index contributed by atoms with van der Waals surface area (Å²) in [5.41, 5.74) is 1.17. The highest BCUT2D eigenvalue weighted by Crippen LogP contribution is 2.24. The summed E-state index contributed by atoms with van der Waals surface area (Å²) in [5, 5.41) is 6.93. The molecule has 0 spiro atoms. The molecule has 4 heterocycles. The van der Waals surface area contributed by atoms with Crippen LogP contribution in [0.15, 0.2) is 46.1 Å². The molecule has 2 aromatic rings. The largest absolute Gasteiger partial charge is 0.468 e. The zero-order valence-corrected chi connectivity index (χ0v) is 22.2. The maximum absolute atomic E-state index is 5.75. The number of halogens is 1. The smallest absolute Gasteiger partial charge is 0.191 e. The third kappa shape index (κ3) is 7.31. The highest BCUT2D eigenvalue weighted by atomic mass is 127. The van der Waals surface area contributed by atoms with Crippen LogP contribution in [0, 0.1) is 0 Å². The van der Waals surface area contributed by atoms with E-state index in [1.54, 1.807) is 6.26 Å². The number of aliphatic imine (C=N–C) groups is 1. The fraction of sp³-hybridized carbons (Fsp3) is 0.583. The third-order valence-electron chi connectivity index (χ3n) is 6.32. The van der Waals surface area contributed by atoms with E-state index < -0.39 is 0 Å². The van der Waals surface area contributed by atoms with Crippen LogP contribution in [0.4, 0.5) is 5.82 Å². The van der Waals surface area contributed by atoms with Gasteiger partial charge in [-0.15, -0.1) is 24.0 Å². The van der Waals surface area contributed by atoms with E-state index in [2.05, 4.69) is 62.5 Å². The molecule has 0 radical (unpaired) electrons. The lowest BCUT2D eigenvalue weighted by atomic mass is 10.2. The van der Waals surface area contributed by atoms with Crippen LogP contribution < -0.4 is 15.5 Å². The van der Waals surface area contributed by atoms with Crippen molar-refractivity contribution in [1.82, 2.24) is 25.4 Å². The summed E-state index contributed by atoms with van der Waals surface area (Å²) in [6.45, 7) is 10.7. The first kappa shape index (κ1) is 25.8. The van der Waals surface area contributed by atoms with Gasteiger partial charge in [-0.05, 0) is 69.7 Å². The molecule has 0 saturated carbocycles. The van der Waals surface area contributed by atoms with Crippen LogP contribution in [0.3, 0.4) is 0 Å². The molecule has 2 N–H and O–H groups in total. The summed E-state index contributed by atoms with van der Waals surface area (Å²) in [6.07, 6.45) is 6.17. The monoisotopic (exact) mass is 567 g/mol. The second-order valence-electron chi connectivity index (χ2n) is 8.66. The van der Waals surface area contributed by atoms with Crippen LogP contribution in [0.2, 0.25) is 0 Å². The molecule has 2 aromatic heterocycles. The number of likely N-dealkylation sites (tertiary alicyclic amines) is 1. The molecule has 9 heteroatoms. The number of rotatable bonds is 8. The number of hydrogen-bond donors (Lipinski definition) is 2. The molecular formula is C24H38IN7O. The fourth-order valence-corrected chi connectivity index (χ4v) is 4.42. The maximum Gasteiger partial charge on any atom is 0.191 e. The molecular weight excluding hydrogens is 529 g/mol. The van der Waals surface area contributed by atoms with E-state index >= 15 is 0 Å². The molecule has 2 saturated heterocycles. The van der Waals surface area contributed by atoms with Crippen molar-refractivity contribution in [3.05, 3.63) is 48.0 Å². The lowest BCUT2D eigenvalue weighted by Crippen LogP contribution is -2.44. The normalized spacial score (nSPS) is 18.7. The van der Waals surface area contributed by atoms with Crippen molar-refractivity contribution in [2.24, 2.45) is 4.99 Å². The van der Waals surface area contributed by atoms with E-state index in [4.69, 9.17) is 9.41 Å². The fourth-order valence-electron chi connectivity index (χ4n) is 4.42. The predicted molar refractivity (Wildman–Crippen MR) is 144 cm³/mol. The minimum absolute atomic E-state index is 0. The summed E-state index contributed by atoms with van der Waals surface area (Å²) >= 11 is 0. The molecule has 2 fully saturated rings. The van der Waals surface area contributed by atoms with Crippen molar-refractivity contribution in [2.45, 2.75) is 32.4 Å². The first-order valence-corrected chi connectivity index (χ1v) is 11.9. The van der Waals surface area contributed by atoms with Crippen molar-refractivity contribution in [3.8, 4) is 0 Å². The van der Waals surface area contributed by atoms with E-state index in [-0.39, 0.29) is 30.0 Å². The molecule has 2 aliphatic heterocycles. The number of hydrogen-bond acceptors (Lipinski definition) is 6. The molecule has 33 heavy (non-hydrogen) atoms. The molecule has 0 amide bonds. The number of nitrogens with zero attached hydrogens (tertiary/aromatic N) is 5. The summed E-state index contributed by atoms with van der Waals surface area (Å²) < 4.78 is 5.75. The maximum atomic E-state index is 5.75. The Hall–Kier alpha value is -1.85. The van der Waals surface area contributed by atoms with Gasteiger partial charge in [0.15, 0.2) is 5.96 Å². The van der Waals surface area contributed by atoms with E-state index in [1.165, 1.54) is 18.4 Å². The van der Waals surface area contributed by atoms with Gasteiger partial charge in [0.2, 0.25) is 0 Å². The summed E-state index contributed by atoms with van der Waals surface area (Å²) in [7, 11) is 2.17. The van der Waals surface area contributed by atoms with Crippen molar-refractivity contribution in [3.63, 3.8) is 0 Å². The molecule has 0 bridgehead atoms. The standard InChI is InChI=1S/C24H37N7O.HI/c1-3-25-24(28-19-21(22-7-6-16-32-22)30-10-4-5-11-30)27-18-20-8-9-26-23(17-20)31-14-12-29(2)13-15-31;/h6-9,16-17,21H,3-5,10-15,18-19H2,1-2H3,(H2,25,27,28);1H. The van der Waals surface area contributed by atoms with Gasteiger partial charge in [0.1, 0.15) is 11.6 Å². The highest BCUT2D eigenvalue weighted by molar-refractivity contribution is 14.0. The van der Waals surface area contributed by atoms with Crippen LogP contribution in [-0.4, -0.2) is 80.1 Å². The van der Waals surface area contributed by atoms with Gasteiger partial charge in [0.05, 0.1) is 18.8 Å². The summed E-state index contributed by atoms with van der Waals surface area (Å²) in [4.78, 5) is 16.7. The van der Waals surface area contributed by atoms with Crippen LogP contribution in [0.1, 0.15) is 37.1 Å². The predicted octanol–water partition coefficient (Wildman–Crippen LogP) is 2.94. The number of anilines is 1. The molecule has 0 aromatic carbocycles. The van der Waals surface area contributed by atoms with Gasteiger partial charge in [-0.2, -0.15) is 0 Å². The van der Waals surface area contributed by atoms with Crippen LogP contribution >= 0.6 is 24.0 Å². The van der Waals surface area contributed by atoms with Gasteiger partial charge in [-0.3, -0.25) is 4.90 Å². The Labute approximate surface area is 214 Å². The van der Waals surface area contributed by atoms with Gasteiger partial charge >= 0.3 is 0 Å². The Kier molecular flexibility index (Phi) is 10.3. The molecule has 1 atom stereocenters. The number of nitrogens with one attached hydrogen (secondary N) is 2. The van der Waals surface area contributed by atoms with E-state index in [0.29, 0.717) is 6.54 Å². The minimum Gasteiger partial charge on any atom is -0.468 e. The van der Waals surface area contributed by atoms with Crippen LogP contribution in [0.25, 0.3) is 0 Å². The molecule has 2 aliphatic rings. The van der Waals surface area contributed by atoms with Gasteiger partial charge in [0.25, 0.3) is 0 Å². The number of guanidine groups is 1. The second kappa shape index (κ2) is 13.1. The number of likely N-dealkylation sites (N-methyl/N-ethyl adjacent to an activating group) is 1. The Morgan fingerprint density at radius 3 is 2.61 bits per heavy atom. The SMILES string of the molecule is CCNC(=NCc1ccnc(N2CCN(C)CC2)c1)NCC(c1ccco1)N1CCCC1.I. The van der Waals surface area contributed by atoms with Crippen molar-refractivity contribution in [1.29, 1.82) is 0 Å². The number of aromatic nitrogens is 1. The van der Waals surface area contributed by atoms with Crippen molar-refractivity contribution in [2.75, 3.05) is 64.3 Å². The lowest BCUT2D eigenvalue weighted by molar-refractivity contribution is 0.215. The van der Waals surface area contributed by atoms with Crippen molar-refractivity contribution < 1.29 is 4.42 Å². The summed E-state index contributed by atoms with van der Waals surface area (Å²) in [5.74, 6) is 2.90. The molecule has 0 aliphatic carbocycles. The Balaban J connectivity index is 0.00000306. The second-order valence-corrected chi connectivity index (χ2v) is 8.66. The molecule has 4 rings (SSSR count). The highest BCUT2D eigenvalue weighted by Gasteiger charge is 2.25. The Bertz CT molecular complexity index is 846. The number of furan rings is 1. The number of piperazine rings is 1. The topological polar surface area (TPSA) is 72.2 Å². The quantitative estimate of drug-likeness (QED) is 0.289. The Morgan fingerprint density at radius 1 is 1.12 bits per heavy atom. The van der Waals surface area contributed by atoms with Crippen LogP contribution in [0.5, 0.6) is 0 Å². The van der Waals surface area contributed by atoms with E-state index in [1.807, 2.05) is 12.3 Å². The molecule has 182 valence electrons. The van der Waals surface area contributed by atoms with Crippen molar-refractivity contribution >= 4 is 35.8 Å². The van der Waals surface area contributed by atoms with Crippen LogP contribution in [-0.2, 0) is 6.54 Å². The number of pyridine rings is 1. The summed E-state index contributed by atoms with van der Waals surface area (Å²) in [6, 6.07) is 8.50. The van der Waals surface area contributed by atoms with Gasteiger partial charge in [0, 0.05) is 45.5 Å². The van der Waals surface area contributed by atoms with Gasteiger partial charge in [-0.1, -0.05) is 0 Å². The lowest BCUT2D eigenvalue weighted by Gasteiger charge is -2.33. The minimum atomic E-state index is 0. The van der Waals surface area contributed by atoms with E-state index in [0.717, 1.165) is 69.9 Å². The first-order valence-electron chi connectivity index (χ1n) is 11.9. The third-order valence-corrected chi connectivity index (χ3v) is 6.32. The zero-order valence-electron chi connectivity index (χ0n) is 19.9.